The van der Waals surface area contributed by atoms with Crippen molar-refractivity contribution in [3.63, 3.8) is 0 Å². The minimum atomic E-state index is -3.32. The van der Waals surface area contributed by atoms with Crippen LogP contribution >= 0.6 is 0 Å². The molecule has 0 unspecified atom stereocenters. The Hall–Kier alpha value is -0.900. The molecule has 90 valence electrons. The predicted molar refractivity (Wildman–Crippen MR) is 62.5 cm³/mol. The van der Waals surface area contributed by atoms with Gasteiger partial charge in [0.1, 0.15) is 5.82 Å². The molecule has 0 bridgehead atoms. The maximum Gasteiger partial charge on any atom is 0.178 e. The highest BCUT2D eigenvalue weighted by Crippen LogP contribution is 2.15. The highest BCUT2D eigenvalue weighted by molar-refractivity contribution is 7.91. The number of benzene rings is 1. The van der Waals surface area contributed by atoms with Gasteiger partial charge in [-0.15, -0.1) is 0 Å². The lowest BCUT2D eigenvalue weighted by Crippen LogP contribution is -2.08. The minimum Gasteiger partial charge on any atom is -0.224 e. The van der Waals surface area contributed by atoms with Crippen molar-refractivity contribution in [2.45, 2.75) is 31.6 Å². The fourth-order valence-electron chi connectivity index (χ4n) is 1.46. The van der Waals surface area contributed by atoms with Crippen LogP contribution in [0.4, 0.5) is 4.39 Å². The van der Waals surface area contributed by atoms with Crippen molar-refractivity contribution >= 4 is 9.84 Å². The first-order valence-electron chi connectivity index (χ1n) is 5.40. The Morgan fingerprint density at radius 3 is 2.56 bits per heavy atom. The van der Waals surface area contributed by atoms with Crippen LogP contribution in [0, 0.1) is 11.7 Å². The van der Waals surface area contributed by atoms with Crippen molar-refractivity contribution in [3.8, 4) is 0 Å². The molecule has 0 saturated heterocycles. The fourth-order valence-corrected chi connectivity index (χ4v) is 2.82. The molecule has 0 aliphatic heterocycles. The highest BCUT2D eigenvalue weighted by atomic mass is 32.2. The summed E-state index contributed by atoms with van der Waals surface area (Å²) in [6, 6.07) is 5.18. The Kier molecular flexibility index (Phi) is 4.47. The Morgan fingerprint density at radius 2 is 2.00 bits per heavy atom. The van der Waals surface area contributed by atoms with E-state index in [0.717, 1.165) is 12.5 Å². The topological polar surface area (TPSA) is 34.1 Å². The number of sulfone groups is 1. The second-order valence-corrected chi connectivity index (χ2v) is 6.42. The lowest BCUT2D eigenvalue weighted by Gasteiger charge is -2.06. The summed E-state index contributed by atoms with van der Waals surface area (Å²) >= 11 is 0. The van der Waals surface area contributed by atoms with Gasteiger partial charge in [0.15, 0.2) is 9.84 Å². The zero-order valence-electron chi connectivity index (χ0n) is 9.61. The first kappa shape index (κ1) is 13.2. The Labute approximate surface area is 96.4 Å². The van der Waals surface area contributed by atoms with E-state index in [1.54, 1.807) is 0 Å². The molecular weight excluding hydrogens is 227 g/mol. The van der Waals surface area contributed by atoms with Crippen molar-refractivity contribution in [2.75, 3.05) is 5.75 Å². The van der Waals surface area contributed by atoms with Gasteiger partial charge in [-0.3, -0.25) is 0 Å². The Morgan fingerprint density at radius 1 is 1.31 bits per heavy atom. The maximum absolute atomic E-state index is 12.9. The third-order valence-corrected chi connectivity index (χ3v) is 4.15. The van der Waals surface area contributed by atoms with Crippen LogP contribution in [-0.2, 0) is 9.84 Å². The summed E-state index contributed by atoms with van der Waals surface area (Å²) in [5.74, 6) is 0.0712. The van der Waals surface area contributed by atoms with Gasteiger partial charge >= 0.3 is 0 Å². The number of hydrogen-bond acceptors (Lipinski definition) is 2. The van der Waals surface area contributed by atoms with Crippen molar-refractivity contribution in [2.24, 2.45) is 5.92 Å². The molecular formula is C12H17FO2S. The molecule has 0 saturated carbocycles. The van der Waals surface area contributed by atoms with Crippen molar-refractivity contribution in [1.82, 2.24) is 0 Å². The molecule has 0 N–H and O–H groups in total. The molecule has 4 heteroatoms. The summed E-state index contributed by atoms with van der Waals surface area (Å²) in [4.78, 5) is 0.0799. The highest BCUT2D eigenvalue weighted by Gasteiger charge is 2.14. The van der Waals surface area contributed by atoms with E-state index >= 15 is 0 Å². The van der Waals surface area contributed by atoms with Gasteiger partial charge in [0.25, 0.3) is 0 Å². The van der Waals surface area contributed by atoms with Crippen LogP contribution in [0.2, 0.25) is 0 Å². The van der Waals surface area contributed by atoms with Crippen LogP contribution in [0.1, 0.15) is 26.7 Å². The monoisotopic (exact) mass is 244 g/mol. The minimum absolute atomic E-state index is 0.0799. The number of hydrogen-bond donors (Lipinski definition) is 0. The summed E-state index contributed by atoms with van der Waals surface area (Å²) < 4.78 is 36.5. The van der Waals surface area contributed by atoms with Crippen molar-refractivity contribution in [3.05, 3.63) is 30.1 Å². The van der Waals surface area contributed by atoms with Gasteiger partial charge < -0.3 is 0 Å². The molecule has 0 heterocycles. The number of rotatable bonds is 5. The van der Waals surface area contributed by atoms with Crippen LogP contribution in [0.5, 0.6) is 0 Å². The van der Waals surface area contributed by atoms with Crippen LogP contribution in [0.15, 0.2) is 29.2 Å². The van der Waals surface area contributed by atoms with Crippen molar-refractivity contribution in [1.29, 1.82) is 0 Å². The molecule has 0 spiro atoms. The van der Waals surface area contributed by atoms with Crippen LogP contribution < -0.4 is 0 Å². The SMILES string of the molecule is CC(C)CCCS(=O)(=O)c1cccc(F)c1. The fraction of sp³-hybridized carbons (Fsp3) is 0.500. The molecule has 0 aromatic heterocycles. The summed E-state index contributed by atoms with van der Waals surface area (Å²) in [7, 11) is -3.32. The van der Waals surface area contributed by atoms with Gasteiger partial charge in [-0.05, 0) is 37.0 Å². The summed E-state index contributed by atoms with van der Waals surface area (Å²) in [5.41, 5.74) is 0. The van der Waals surface area contributed by atoms with E-state index < -0.39 is 15.7 Å². The van der Waals surface area contributed by atoms with Crippen LogP contribution in [-0.4, -0.2) is 14.2 Å². The van der Waals surface area contributed by atoms with Crippen LogP contribution in [0.3, 0.4) is 0 Å². The first-order valence-corrected chi connectivity index (χ1v) is 7.05. The standard InChI is InChI=1S/C12H17FO2S/c1-10(2)5-4-8-16(14,15)12-7-3-6-11(13)9-12/h3,6-7,9-10H,4-5,8H2,1-2H3. The molecule has 1 rings (SSSR count). The van der Waals surface area contributed by atoms with Crippen LogP contribution in [0.25, 0.3) is 0 Å². The third kappa shape index (κ3) is 3.93. The zero-order chi connectivity index (χ0) is 12.2. The van der Waals surface area contributed by atoms with Gasteiger partial charge in [0.05, 0.1) is 10.6 Å². The maximum atomic E-state index is 12.9. The van der Waals surface area contributed by atoms with Gasteiger partial charge in [-0.1, -0.05) is 19.9 Å². The Balaban J connectivity index is 2.71. The molecule has 1 aromatic carbocycles. The van der Waals surface area contributed by atoms with E-state index in [9.17, 15) is 12.8 Å². The van der Waals surface area contributed by atoms with E-state index in [1.165, 1.54) is 18.2 Å². The smallest absolute Gasteiger partial charge is 0.178 e. The molecule has 0 aliphatic rings. The average molecular weight is 244 g/mol. The van der Waals surface area contributed by atoms with E-state index in [0.29, 0.717) is 12.3 Å². The van der Waals surface area contributed by atoms with E-state index in [-0.39, 0.29) is 10.6 Å². The Bertz CT molecular complexity index is 438. The molecule has 16 heavy (non-hydrogen) atoms. The third-order valence-electron chi connectivity index (χ3n) is 2.35. The quantitative estimate of drug-likeness (QED) is 0.797. The summed E-state index contributed by atoms with van der Waals surface area (Å²) in [6.45, 7) is 4.10. The molecule has 0 aliphatic carbocycles. The van der Waals surface area contributed by atoms with E-state index in [2.05, 4.69) is 13.8 Å². The second-order valence-electron chi connectivity index (χ2n) is 4.31. The lowest BCUT2D eigenvalue weighted by molar-refractivity contribution is 0.559. The molecule has 0 atom stereocenters. The van der Waals surface area contributed by atoms with Gasteiger partial charge in [0, 0.05) is 0 Å². The molecule has 2 nitrogen and oxygen atoms in total. The molecule has 0 radical (unpaired) electrons. The normalized spacial score (nSPS) is 12.0. The van der Waals surface area contributed by atoms with Gasteiger partial charge in [-0.25, -0.2) is 12.8 Å². The summed E-state index contributed by atoms with van der Waals surface area (Å²) in [5, 5.41) is 0. The van der Waals surface area contributed by atoms with Gasteiger partial charge in [0.2, 0.25) is 0 Å². The number of halogens is 1. The molecule has 0 fully saturated rings. The predicted octanol–water partition coefficient (Wildman–Crippen LogP) is 3.04. The lowest BCUT2D eigenvalue weighted by atomic mass is 10.1. The first-order chi connectivity index (χ1) is 7.42. The second kappa shape index (κ2) is 5.43. The van der Waals surface area contributed by atoms with E-state index in [4.69, 9.17) is 0 Å². The average Bonchev–Trinajstić information content (AvgIpc) is 2.16. The molecule has 1 aromatic rings. The summed E-state index contributed by atoms with van der Waals surface area (Å²) in [6.07, 6.45) is 1.49. The largest absolute Gasteiger partial charge is 0.224 e. The van der Waals surface area contributed by atoms with Crippen molar-refractivity contribution < 1.29 is 12.8 Å². The van der Waals surface area contributed by atoms with E-state index in [1.807, 2.05) is 0 Å². The zero-order valence-corrected chi connectivity index (χ0v) is 10.4. The van der Waals surface area contributed by atoms with Gasteiger partial charge in [-0.2, -0.15) is 0 Å². The molecule has 0 amide bonds.